The summed E-state index contributed by atoms with van der Waals surface area (Å²) >= 11 is 0. The molecule has 2 aliphatic carbocycles. The van der Waals surface area contributed by atoms with Crippen molar-refractivity contribution in [2.24, 2.45) is 0 Å². The Kier molecular flexibility index (Phi) is 6.47. The van der Waals surface area contributed by atoms with Gasteiger partial charge in [-0.15, -0.1) is 0 Å². The maximum Gasteiger partial charge on any atom is 0.143 e. The molecule has 0 saturated heterocycles. The molecule has 9 heteroatoms. The molecule has 252 valence electrons. The van der Waals surface area contributed by atoms with Crippen LogP contribution < -0.4 is 0 Å². The molecule has 9 nitrogen and oxygen atoms in total. The lowest BCUT2D eigenvalue weighted by Gasteiger charge is -2.34. The predicted molar refractivity (Wildman–Crippen MR) is 189 cm³/mol. The third-order valence-electron chi connectivity index (χ3n) is 10.5. The first-order valence-corrected chi connectivity index (χ1v) is 16.4. The summed E-state index contributed by atoms with van der Waals surface area (Å²) in [6.45, 7) is 0. The van der Waals surface area contributed by atoms with Crippen molar-refractivity contribution in [2.75, 3.05) is 0 Å². The lowest BCUT2D eigenvalue weighted by atomic mass is 9.69. The summed E-state index contributed by atoms with van der Waals surface area (Å²) in [4.78, 5) is 0. The van der Waals surface area contributed by atoms with Crippen LogP contribution in [0.2, 0.25) is 0 Å². The highest BCUT2D eigenvalue weighted by atomic mass is 16.3. The molecule has 1 heterocycles. The van der Waals surface area contributed by atoms with Crippen molar-refractivity contribution in [3.8, 4) is 68.4 Å². The number of phenols is 8. The van der Waals surface area contributed by atoms with Crippen LogP contribution in [0.4, 0.5) is 0 Å². The fourth-order valence-corrected chi connectivity index (χ4v) is 8.64. The van der Waals surface area contributed by atoms with Crippen LogP contribution in [-0.4, -0.2) is 40.9 Å². The van der Waals surface area contributed by atoms with Crippen LogP contribution in [0.25, 0.3) is 33.4 Å². The molecule has 0 amide bonds. The first-order valence-electron chi connectivity index (χ1n) is 16.4. The normalized spacial score (nSPS) is 18.8. The highest BCUT2D eigenvalue weighted by Crippen LogP contribution is 2.68. The molecule has 9 rings (SSSR count). The zero-order valence-electron chi connectivity index (χ0n) is 26.7. The van der Waals surface area contributed by atoms with E-state index in [2.05, 4.69) is 0 Å². The zero-order valence-corrected chi connectivity index (χ0v) is 26.7. The van der Waals surface area contributed by atoms with Gasteiger partial charge in [-0.05, 0) is 94.5 Å². The molecule has 1 aromatic heterocycles. The molecule has 0 bridgehead atoms. The van der Waals surface area contributed by atoms with Crippen LogP contribution in [0, 0.1) is 0 Å². The van der Waals surface area contributed by atoms with E-state index < -0.39 is 23.7 Å². The van der Waals surface area contributed by atoms with Gasteiger partial charge in [0.2, 0.25) is 0 Å². The fraction of sp³-hybridized carbons (Fsp3) is 0.0952. The van der Waals surface area contributed by atoms with E-state index >= 15 is 0 Å². The molecule has 0 aliphatic heterocycles. The Morgan fingerprint density at radius 1 is 0.412 bits per heavy atom. The second-order valence-corrected chi connectivity index (χ2v) is 13.3. The van der Waals surface area contributed by atoms with Gasteiger partial charge in [0.15, 0.2) is 0 Å². The van der Waals surface area contributed by atoms with Crippen LogP contribution in [0.5, 0.6) is 46.0 Å². The average Bonchev–Trinajstić information content (AvgIpc) is 3.60. The highest BCUT2D eigenvalue weighted by Gasteiger charge is 2.52. The third-order valence-corrected chi connectivity index (χ3v) is 10.5. The van der Waals surface area contributed by atoms with Crippen molar-refractivity contribution < 1.29 is 45.3 Å². The van der Waals surface area contributed by atoms with Crippen molar-refractivity contribution in [1.29, 1.82) is 0 Å². The number of rotatable bonds is 4. The van der Waals surface area contributed by atoms with E-state index in [4.69, 9.17) is 4.42 Å². The summed E-state index contributed by atoms with van der Waals surface area (Å²) in [5.41, 5.74) is 5.70. The van der Waals surface area contributed by atoms with Gasteiger partial charge in [0.1, 0.15) is 57.3 Å². The van der Waals surface area contributed by atoms with E-state index in [-0.39, 0.29) is 46.0 Å². The number of fused-ring (bicyclic) bond motifs is 2. The summed E-state index contributed by atoms with van der Waals surface area (Å²) in [5.74, 6) is -2.72. The Hall–Kier alpha value is -6.74. The maximum atomic E-state index is 12.1. The van der Waals surface area contributed by atoms with Crippen LogP contribution in [-0.2, 0) is 0 Å². The van der Waals surface area contributed by atoms with Crippen LogP contribution in [0.15, 0.2) is 114 Å². The Balaban J connectivity index is 1.49. The standard InChI is InChI=1S/C42H30O9/c43-23-7-1-19(2-8-23)33-35(22-13-26(46)15-27(47)14-22)38-31(50)18-32-39-37(42(51-32)21-5-11-25(45)12-6-21)29-16-28(48)17-30(49)36(29)34(40(33)41(38)39)20-3-9-24(44)10-4-20/h1-18,33-35,40,43-50H/t33-,34-,35+,40-/m1/s1. The molecular formula is C42H30O9. The van der Waals surface area contributed by atoms with Gasteiger partial charge in [0, 0.05) is 69.5 Å². The summed E-state index contributed by atoms with van der Waals surface area (Å²) in [6, 6.07) is 28.6. The number of aromatic hydroxyl groups is 8. The largest absolute Gasteiger partial charge is 0.508 e. The highest BCUT2D eigenvalue weighted by molar-refractivity contribution is 6.08. The van der Waals surface area contributed by atoms with E-state index in [0.717, 1.165) is 11.1 Å². The maximum absolute atomic E-state index is 12.1. The van der Waals surface area contributed by atoms with E-state index in [1.807, 2.05) is 0 Å². The summed E-state index contributed by atoms with van der Waals surface area (Å²) in [7, 11) is 0. The van der Waals surface area contributed by atoms with Crippen LogP contribution >= 0.6 is 0 Å². The number of hydrogen-bond donors (Lipinski definition) is 8. The lowest BCUT2D eigenvalue weighted by molar-refractivity contribution is 0.429. The van der Waals surface area contributed by atoms with E-state index in [1.165, 1.54) is 30.3 Å². The van der Waals surface area contributed by atoms with Gasteiger partial charge in [0.05, 0.1) is 0 Å². The van der Waals surface area contributed by atoms with Crippen molar-refractivity contribution in [3.63, 3.8) is 0 Å². The SMILES string of the molecule is Oc1ccc(-c2oc3cc(O)c4c5c3c2-c2cc(O)cc(O)c2[C@@H](c2ccc(O)cc2)[C@H]5[C@H](c2ccc(O)cc2)[C@@H]4c2cc(O)cc(O)c2)cc1. The van der Waals surface area contributed by atoms with Crippen LogP contribution in [0.1, 0.15) is 57.1 Å². The van der Waals surface area contributed by atoms with Crippen LogP contribution in [0.3, 0.4) is 0 Å². The van der Waals surface area contributed by atoms with Crippen molar-refractivity contribution in [3.05, 3.63) is 143 Å². The molecule has 8 N–H and O–H groups in total. The molecular weight excluding hydrogens is 648 g/mol. The fourth-order valence-electron chi connectivity index (χ4n) is 8.64. The summed E-state index contributed by atoms with van der Waals surface area (Å²) < 4.78 is 6.58. The minimum atomic E-state index is -0.669. The second-order valence-electron chi connectivity index (χ2n) is 13.3. The summed E-state index contributed by atoms with van der Waals surface area (Å²) in [5, 5.41) is 88.0. The predicted octanol–water partition coefficient (Wildman–Crippen LogP) is 8.57. The Bertz CT molecular complexity index is 2500. The van der Waals surface area contributed by atoms with E-state index in [1.54, 1.807) is 78.9 Å². The second kappa shape index (κ2) is 10.9. The smallest absolute Gasteiger partial charge is 0.143 e. The Morgan fingerprint density at radius 2 is 0.941 bits per heavy atom. The Morgan fingerprint density at radius 3 is 1.57 bits per heavy atom. The molecule has 6 aromatic carbocycles. The number of phenolic OH excluding ortho intramolecular Hbond substituents is 8. The first-order chi connectivity index (χ1) is 24.6. The quantitative estimate of drug-likeness (QED) is 0.0907. The number of hydrogen-bond acceptors (Lipinski definition) is 9. The minimum absolute atomic E-state index is 0.0443. The van der Waals surface area contributed by atoms with Gasteiger partial charge >= 0.3 is 0 Å². The van der Waals surface area contributed by atoms with E-state index in [0.29, 0.717) is 55.7 Å². The van der Waals surface area contributed by atoms with Gasteiger partial charge in [-0.3, -0.25) is 0 Å². The minimum Gasteiger partial charge on any atom is -0.508 e. The Labute approximate surface area is 290 Å². The van der Waals surface area contributed by atoms with Gasteiger partial charge in [-0.2, -0.15) is 0 Å². The van der Waals surface area contributed by atoms with E-state index in [9.17, 15) is 40.9 Å². The van der Waals surface area contributed by atoms with Gasteiger partial charge in [-0.1, -0.05) is 24.3 Å². The molecule has 51 heavy (non-hydrogen) atoms. The molecule has 0 saturated carbocycles. The summed E-state index contributed by atoms with van der Waals surface area (Å²) in [6.07, 6.45) is 0. The topological polar surface area (TPSA) is 175 Å². The molecule has 0 unspecified atom stereocenters. The number of benzene rings is 6. The van der Waals surface area contributed by atoms with Gasteiger partial charge in [0.25, 0.3) is 0 Å². The molecule has 0 fully saturated rings. The van der Waals surface area contributed by atoms with Crippen molar-refractivity contribution >= 4 is 11.0 Å². The number of furan rings is 1. The molecule has 4 atom stereocenters. The zero-order chi connectivity index (χ0) is 35.3. The van der Waals surface area contributed by atoms with Crippen molar-refractivity contribution in [2.45, 2.75) is 23.7 Å². The van der Waals surface area contributed by atoms with Gasteiger partial charge < -0.3 is 45.3 Å². The van der Waals surface area contributed by atoms with Gasteiger partial charge in [-0.25, -0.2) is 0 Å². The monoisotopic (exact) mass is 678 g/mol. The third kappa shape index (κ3) is 4.55. The first kappa shape index (κ1) is 30.3. The molecule has 2 aliphatic rings. The molecule has 0 spiro atoms. The molecule has 7 aromatic rings. The average molecular weight is 679 g/mol. The van der Waals surface area contributed by atoms with Crippen molar-refractivity contribution in [1.82, 2.24) is 0 Å². The lowest BCUT2D eigenvalue weighted by Crippen LogP contribution is -2.19. The molecule has 0 radical (unpaired) electrons.